The first kappa shape index (κ1) is 10.6. The lowest BCUT2D eigenvalue weighted by molar-refractivity contribution is -0.139. The van der Waals surface area contributed by atoms with Crippen LogP contribution in [0.5, 0.6) is 0 Å². The number of aliphatic carboxylic acids is 1. The quantitative estimate of drug-likeness (QED) is 0.545. The lowest BCUT2D eigenvalue weighted by atomic mass is 10.1. The molecule has 1 rings (SSSR count). The smallest absolute Gasteiger partial charge is 0.307 e. The van der Waals surface area contributed by atoms with Gasteiger partial charge in [-0.1, -0.05) is 13.8 Å². The second-order valence-corrected chi connectivity index (χ2v) is 4.01. The molecule has 4 heteroatoms. The van der Waals surface area contributed by atoms with Gasteiger partial charge in [0.05, 0.1) is 13.0 Å². The van der Waals surface area contributed by atoms with Gasteiger partial charge in [-0.3, -0.25) is 4.79 Å². The van der Waals surface area contributed by atoms with Crippen molar-refractivity contribution in [3.63, 3.8) is 0 Å². The van der Waals surface area contributed by atoms with Crippen molar-refractivity contribution in [2.75, 3.05) is 7.11 Å². The van der Waals surface area contributed by atoms with Crippen molar-refractivity contribution in [3.05, 3.63) is 11.8 Å². The standard InChI is InChI=1S/C10H13NO3/c1-10(2)7(8(10)9(12)13)4-6(5-11)14-3/h4,7-8H,1-3H3,(H,12,13). The van der Waals surface area contributed by atoms with Crippen molar-refractivity contribution in [2.45, 2.75) is 13.8 Å². The molecule has 1 aliphatic carbocycles. The summed E-state index contributed by atoms with van der Waals surface area (Å²) in [5.74, 6) is -1.13. The molecule has 0 radical (unpaired) electrons. The summed E-state index contributed by atoms with van der Waals surface area (Å²) in [5, 5.41) is 17.5. The third-order valence-electron chi connectivity index (χ3n) is 2.84. The highest BCUT2D eigenvalue weighted by Gasteiger charge is 2.61. The average Bonchev–Trinajstić information content (AvgIpc) is 2.63. The van der Waals surface area contributed by atoms with E-state index in [0.717, 1.165) is 0 Å². The van der Waals surface area contributed by atoms with Gasteiger partial charge in [0.1, 0.15) is 6.07 Å². The molecule has 0 spiro atoms. The lowest BCUT2D eigenvalue weighted by Crippen LogP contribution is -2.03. The van der Waals surface area contributed by atoms with E-state index in [0.29, 0.717) is 0 Å². The van der Waals surface area contributed by atoms with Crippen LogP contribution >= 0.6 is 0 Å². The van der Waals surface area contributed by atoms with Crippen LogP contribution < -0.4 is 0 Å². The molecule has 76 valence electrons. The van der Waals surface area contributed by atoms with E-state index in [1.54, 1.807) is 6.08 Å². The van der Waals surface area contributed by atoms with E-state index in [1.165, 1.54) is 7.11 Å². The number of ether oxygens (including phenoxy) is 1. The maximum atomic E-state index is 10.8. The van der Waals surface area contributed by atoms with Crippen LogP contribution in [0.3, 0.4) is 0 Å². The first-order valence-electron chi connectivity index (χ1n) is 4.34. The predicted molar refractivity (Wildman–Crippen MR) is 49.1 cm³/mol. The summed E-state index contributed by atoms with van der Waals surface area (Å²) < 4.78 is 4.78. The molecule has 0 bridgehead atoms. The Morgan fingerprint density at radius 1 is 1.64 bits per heavy atom. The van der Waals surface area contributed by atoms with Gasteiger partial charge in [-0.15, -0.1) is 0 Å². The number of methoxy groups -OCH3 is 1. The summed E-state index contributed by atoms with van der Waals surface area (Å²) in [6.07, 6.45) is 1.60. The van der Waals surface area contributed by atoms with Crippen LogP contribution in [-0.4, -0.2) is 18.2 Å². The van der Waals surface area contributed by atoms with Crippen LogP contribution in [0.2, 0.25) is 0 Å². The second kappa shape index (κ2) is 3.33. The Hall–Kier alpha value is -1.50. The Kier molecular flexibility index (Phi) is 2.52. The molecule has 0 aromatic rings. The van der Waals surface area contributed by atoms with Gasteiger partial charge < -0.3 is 9.84 Å². The van der Waals surface area contributed by atoms with Gasteiger partial charge in [0, 0.05) is 5.92 Å². The number of nitrogens with zero attached hydrogens (tertiary/aromatic N) is 1. The SMILES string of the molecule is COC(C#N)=CC1C(C(=O)O)C1(C)C. The normalized spacial score (nSPS) is 29.1. The first-order chi connectivity index (χ1) is 6.45. The lowest BCUT2D eigenvalue weighted by Gasteiger charge is -1.97. The van der Waals surface area contributed by atoms with Gasteiger partial charge in [0.2, 0.25) is 0 Å². The van der Waals surface area contributed by atoms with Gasteiger partial charge in [-0.2, -0.15) is 5.26 Å². The number of carboxylic acids is 1. The Morgan fingerprint density at radius 3 is 2.50 bits per heavy atom. The van der Waals surface area contributed by atoms with Crippen molar-refractivity contribution in [1.29, 1.82) is 5.26 Å². The number of nitriles is 1. The molecular formula is C10H13NO3. The highest BCUT2D eigenvalue weighted by atomic mass is 16.5. The van der Waals surface area contributed by atoms with Crippen molar-refractivity contribution < 1.29 is 14.6 Å². The molecular weight excluding hydrogens is 182 g/mol. The molecule has 0 amide bonds. The fourth-order valence-electron chi connectivity index (χ4n) is 1.77. The minimum atomic E-state index is -0.815. The number of carboxylic acid groups (broad SMARTS) is 1. The van der Waals surface area contributed by atoms with E-state index in [4.69, 9.17) is 15.1 Å². The fraction of sp³-hybridized carbons (Fsp3) is 0.600. The number of allylic oxidation sites excluding steroid dienone is 2. The van der Waals surface area contributed by atoms with Gasteiger partial charge in [-0.05, 0) is 11.5 Å². The Balaban J connectivity index is 2.80. The summed E-state index contributed by atoms with van der Waals surface area (Å²) in [5.41, 5.74) is -0.271. The third kappa shape index (κ3) is 1.58. The molecule has 1 N–H and O–H groups in total. The zero-order valence-corrected chi connectivity index (χ0v) is 8.44. The van der Waals surface area contributed by atoms with Gasteiger partial charge in [-0.25, -0.2) is 0 Å². The summed E-state index contributed by atoms with van der Waals surface area (Å²) in [6.45, 7) is 3.75. The Bertz CT molecular complexity index is 325. The minimum Gasteiger partial charge on any atom is -0.487 e. The summed E-state index contributed by atoms with van der Waals surface area (Å²) in [6, 6.07) is 1.87. The molecule has 2 atom stereocenters. The van der Waals surface area contributed by atoms with Crippen molar-refractivity contribution in [3.8, 4) is 6.07 Å². The van der Waals surface area contributed by atoms with Crippen LogP contribution in [0.4, 0.5) is 0 Å². The molecule has 0 aliphatic heterocycles. The number of carbonyl (C=O) groups is 1. The van der Waals surface area contributed by atoms with E-state index < -0.39 is 11.9 Å². The summed E-state index contributed by atoms with van der Waals surface area (Å²) in [7, 11) is 1.40. The van der Waals surface area contributed by atoms with Crippen LogP contribution in [-0.2, 0) is 9.53 Å². The zero-order valence-electron chi connectivity index (χ0n) is 8.44. The van der Waals surface area contributed by atoms with Crippen LogP contribution in [0.1, 0.15) is 13.8 Å². The molecule has 1 saturated carbocycles. The van der Waals surface area contributed by atoms with Gasteiger partial charge in [0.15, 0.2) is 5.76 Å². The highest BCUT2D eigenvalue weighted by Crippen LogP contribution is 2.59. The van der Waals surface area contributed by atoms with E-state index in [1.807, 2.05) is 19.9 Å². The second-order valence-electron chi connectivity index (χ2n) is 4.01. The fourth-order valence-corrected chi connectivity index (χ4v) is 1.77. The molecule has 4 nitrogen and oxygen atoms in total. The van der Waals surface area contributed by atoms with Crippen molar-refractivity contribution >= 4 is 5.97 Å². The van der Waals surface area contributed by atoms with Crippen LogP contribution in [0.25, 0.3) is 0 Å². The molecule has 0 saturated heterocycles. The summed E-state index contributed by atoms with van der Waals surface area (Å²) in [4.78, 5) is 10.8. The van der Waals surface area contributed by atoms with Gasteiger partial charge >= 0.3 is 5.97 Å². The Morgan fingerprint density at radius 2 is 2.21 bits per heavy atom. The number of rotatable bonds is 3. The van der Waals surface area contributed by atoms with Crippen molar-refractivity contribution in [2.24, 2.45) is 17.3 Å². The van der Waals surface area contributed by atoms with Crippen LogP contribution in [0.15, 0.2) is 11.8 Å². The van der Waals surface area contributed by atoms with E-state index in [-0.39, 0.29) is 17.1 Å². The maximum absolute atomic E-state index is 10.8. The largest absolute Gasteiger partial charge is 0.487 e. The maximum Gasteiger partial charge on any atom is 0.307 e. The zero-order chi connectivity index (χ0) is 10.9. The van der Waals surface area contributed by atoms with E-state index in [2.05, 4.69) is 0 Å². The molecule has 1 fully saturated rings. The summed E-state index contributed by atoms with van der Waals surface area (Å²) >= 11 is 0. The molecule has 1 aliphatic rings. The minimum absolute atomic E-state index is 0.102. The number of hydrogen-bond acceptors (Lipinski definition) is 3. The molecule has 2 unspecified atom stereocenters. The number of hydrogen-bond donors (Lipinski definition) is 1. The predicted octanol–water partition coefficient (Wildman–Crippen LogP) is 1.40. The van der Waals surface area contributed by atoms with Crippen molar-refractivity contribution in [1.82, 2.24) is 0 Å². The van der Waals surface area contributed by atoms with Crippen LogP contribution in [0, 0.1) is 28.6 Å². The highest BCUT2D eigenvalue weighted by molar-refractivity contribution is 5.76. The molecule has 0 aromatic carbocycles. The van der Waals surface area contributed by atoms with E-state index in [9.17, 15) is 4.79 Å². The van der Waals surface area contributed by atoms with Gasteiger partial charge in [0.25, 0.3) is 0 Å². The average molecular weight is 195 g/mol. The topological polar surface area (TPSA) is 70.3 Å². The molecule has 14 heavy (non-hydrogen) atoms. The molecule has 0 aromatic heterocycles. The monoisotopic (exact) mass is 195 g/mol. The molecule has 0 heterocycles. The first-order valence-corrected chi connectivity index (χ1v) is 4.34. The Labute approximate surface area is 82.8 Å². The third-order valence-corrected chi connectivity index (χ3v) is 2.84. The van der Waals surface area contributed by atoms with E-state index >= 15 is 0 Å².